The lowest BCUT2D eigenvalue weighted by molar-refractivity contribution is -0.157. The third-order valence-corrected chi connectivity index (χ3v) is 16.4. The highest BCUT2D eigenvalue weighted by Gasteiger charge is 2.39. The van der Waals surface area contributed by atoms with Gasteiger partial charge in [-0.3, -0.25) is 0 Å². The number of phenols is 12. The molecular weight excluding hydrogens is 1310 g/mol. The quantitative estimate of drug-likeness (QED) is 0.0177. The van der Waals surface area contributed by atoms with Crippen molar-refractivity contribution in [2.75, 3.05) is 31.9 Å². The maximum Gasteiger partial charge on any atom is 0.407 e. The molecule has 0 amide bonds. The van der Waals surface area contributed by atoms with E-state index < -0.39 is 50.2 Å². The first kappa shape index (κ1) is 76.9. The van der Waals surface area contributed by atoms with Crippen LogP contribution in [0.5, 0.6) is 69.0 Å². The molecule has 0 aromatic heterocycles. The predicted molar refractivity (Wildman–Crippen MR) is 351 cm³/mol. The fourth-order valence-corrected chi connectivity index (χ4v) is 10.5. The summed E-state index contributed by atoms with van der Waals surface area (Å²) in [5.74, 6) is -2.02. The lowest BCUT2D eigenvalue weighted by atomic mass is 10.0. The van der Waals surface area contributed by atoms with Crippen LogP contribution in [0.2, 0.25) is 0 Å². The van der Waals surface area contributed by atoms with Crippen molar-refractivity contribution in [1.82, 2.24) is 20.1 Å². The van der Waals surface area contributed by atoms with Crippen LogP contribution in [0, 0.1) is 0 Å². The molecule has 0 aliphatic heterocycles. The number of alkyl halides is 6. The fraction of sp³-hybridized carbons (Fsp3) is 0.235. The number of phenolic OH excluding ortho intramolecular Hbond substituents is 12. The highest BCUT2D eigenvalue weighted by Crippen LogP contribution is 2.31. The van der Waals surface area contributed by atoms with Crippen molar-refractivity contribution < 1.29 is 104 Å². The normalized spacial score (nSPS) is 12.4. The van der Waals surface area contributed by atoms with Gasteiger partial charge in [0.05, 0.1) is 5.75 Å². The lowest BCUT2D eigenvalue weighted by Crippen LogP contribution is -2.43. The molecule has 0 heterocycles. The Morgan fingerprint density at radius 1 is 0.354 bits per heavy atom. The van der Waals surface area contributed by atoms with Crippen LogP contribution >= 0.6 is 0 Å². The van der Waals surface area contributed by atoms with E-state index >= 15 is 0 Å². The Morgan fingerprint density at radius 2 is 0.698 bits per heavy atom. The average molecular weight is 1380 g/mol. The minimum Gasteiger partial charge on any atom is -0.508 e. The first-order valence-electron chi connectivity index (χ1n) is 29.3. The third-order valence-electron chi connectivity index (χ3n) is 13.9. The maximum absolute atomic E-state index is 13.2. The second kappa shape index (κ2) is 36.7. The predicted octanol–water partition coefficient (Wildman–Crippen LogP) is 10.5. The number of hydrogen-bond acceptors (Lipinski definition) is 18. The van der Waals surface area contributed by atoms with Gasteiger partial charge in [0.1, 0.15) is 35.1 Å². The van der Waals surface area contributed by atoms with E-state index in [-0.39, 0.29) is 114 Å². The summed E-state index contributed by atoms with van der Waals surface area (Å²) < 4.78 is 131. The highest BCUT2D eigenvalue weighted by molar-refractivity contribution is 7.92. The van der Waals surface area contributed by atoms with Crippen molar-refractivity contribution >= 4 is 32.2 Å². The van der Waals surface area contributed by atoms with Gasteiger partial charge in [-0.15, -0.1) is 0 Å². The highest BCUT2D eigenvalue weighted by atomic mass is 32.2. The van der Waals surface area contributed by atoms with Gasteiger partial charge in [-0.25, -0.2) is 26.3 Å². The molecule has 0 spiro atoms. The van der Waals surface area contributed by atoms with Crippen LogP contribution in [0.1, 0.15) is 50.9 Å². The first-order chi connectivity index (χ1) is 45.2. The Morgan fingerprint density at radius 3 is 1.08 bits per heavy atom. The summed E-state index contributed by atoms with van der Waals surface area (Å²) in [5.41, 5.74) is 5.39. The molecule has 8 rings (SSSR count). The van der Waals surface area contributed by atoms with Gasteiger partial charge in [0.15, 0.2) is 46.0 Å². The zero-order valence-electron chi connectivity index (χ0n) is 51.2. The monoisotopic (exact) mass is 1380 g/mol. The van der Waals surface area contributed by atoms with Gasteiger partial charge in [-0.2, -0.15) is 26.3 Å². The lowest BCUT2D eigenvalue weighted by Gasteiger charge is -2.22. The molecule has 0 bridgehead atoms. The van der Waals surface area contributed by atoms with Crippen LogP contribution in [-0.2, 0) is 58.6 Å². The van der Waals surface area contributed by atoms with Crippen LogP contribution in [0.25, 0.3) is 12.2 Å². The SMILES string of the molecule is O=S(=O)(/C=C/c1ccc(O)c(O)c1)NCCc1ccc(O)cc1.O=S(=O)(CCc1ccc(O)c(O)c1)NCCc1ccc(O)cc1.Oc1ccc(CCNC(/C=C/c2ccc(O)c(O)c2)C(F)(F)F)cc1.Oc1ccc(CCNC(CCc2ccc(O)c(O)c2)C(F)(F)F)cc1. The second-order valence-electron chi connectivity index (χ2n) is 21.4. The van der Waals surface area contributed by atoms with Crippen LogP contribution in [0.15, 0.2) is 181 Å². The van der Waals surface area contributed by atoms with Crippen LogP contribution in [-0.4, -0.2) is 134 Å². The molecule has 2 unspecified atom stereocenters. The van der Waals surface area contributed by atoms with Gasteiger partial charge in [0.25, 0.3) is 0 Å². The van der Waals surface area contributed by atoms with Crippen LogP contribution < -0.4 is 20.1 Å². The molecule has 2 atom stereocenters. The van der Waals surface area contributed by atoms with Crippen molar-refractivity contribution in [2.24, 2.45) is 0 Å². The summed E-state index contributed by atoms with van der Waals surface area (Å²) in [7, 11) is -7.03. The summed E-state index contributed by atoms with van der Waals surface area (Å²) in [6, 6.07) is 38.2. The minimum absolute atomic E-state index is 0.0973. The summed E-state index contributed by atoms with van der Waals surface area (Å²) >= 11 is 0. The van der Waals surface area contributed by atoms with Gasteiger partial charge in [0.2, 0.25) is 20.0 Å². The molecule has 96 heavy (non-hydrogen) atoms. The van der Waals surface area contributed by atoms with Crippen LogP contribution in [0.4, 0.5) is 26.3 Å². The summed E-state index contributed by atoms with van der Waals surface area (Å²) in [5, 5.41) is 117. The average Bonchev–Trinajstić information content (AvgIpc) is 0.976. The molecule has 0 aliphatic rings. The van der Waals surface area contributed by atoms with E-state index in [2.05, 4.69) is 20.1 Å². The Bertz CT molecular complexity index is 4020. The minimum atomic E-state index is -4.47. The summed E-state index contributed by atoms with van der Waals surface area (Å²) in [6.45, 7) is 0.738. The van der Waals surface area contributed by atoms with E-state index in [1.54, 1.807) is 78.9 Å². The molecule has 0 saturated heterocycles. The van der Waals surface area contributed by atoms with Gasteiger partial charge in [-0.1, -0.05) is 84.9 Å². The molecule has 8 aromatic carbocycles. The molecule has 8 aromatic rings. The Hall–Kier alpha value is -9.84. The van der Waals surface area contributed by atoms with Gasteiger partial charge >= 0.3 is 12.4 Å². The molecule has 20 nitrogen and oxygen atoms in total. The van der Waals surface area contributed by atoms with Crippen molar-refractivity contribution in [2.45, 2.75) is 69.4 Å². The molecule has 516 valence electrons. The number of rotatable bonds is 26. The van der Waals surface area contributed by atoms with E-state index in [1.165, 1.54) is 103 Å². The van der Waals surface area contributed by atoms with E-state index in [9.17, 15) is 104 Å². The second-order valence-corrected chi connectivity index (χ2v) is 25.0. The van der Waals surface area contributed by atoms with E-state index in [0.29, 0.717) is 47.9 Å². The zero-order valence-corrected chi connectivity index (χ0v) is 52.8. The molecule has 0 fully saturated rings. The topological polar surface area (TPSA) is 359 Å². The number of nitrogens with one attached hydrogen (secondary N) is 4. The van der Waals surface area contributed by atoms with E-state index in [1.807, 2.05) is 0 Å². The summed E-state index contributed by atoms with van der Waals surface area (Å²) in [6.07, 6.45) is -3.36. The van der Waals surface area contributed by atoms with E-state index in [0.717, 1.165) is 33.7 Å². The van der Waals surface area contributed by atoms with Crippen molar-refractivity contribution in [3.8, 4) is 69.0 Å². The molecule has 0 aliphatic carbocycles. The van der Waals surface area contributed by atoms with Gasteiger partial charge in [-0.05, 0) is 199 Å². The Kier molecular flexibility index (Phi) is 29.4. The molecular formula is C68H74F6N4O16S2. The molecule has 28 heteroatoms. The largest absolute Gasteiger partial charge is 0.508 e. The fourth-order valence-electron chi connectivity index (χ4n) is 8.57. The number of halogens is 6. The van der Waals surface area contributed by atoms with Crippen LogP contribution in [0.3, 0.4) is 0 Å². The number of benzene rings is 8. The molecule has 0 saturated carbocycles. The van der Waals surface area contributed by atoms with Crippen molar-refractivity contribution in [1.29, 1.82) is 0 Å². The van der Waals surface area contributed by atoms with Crippen molar-refractivity contribution in [3.05, 3.63) is 226 Å². The number of sulfonamides is 2. The smallest absolute Gasteiger partial charge is 0.407 e. The van der Waals surface area contributed by atoms with Gasteiger partial charge in [0, 0.05) is 25.0 Å². The molecule has 16 N–H and O–H groups in total. The number of aromatic hydroxyl groups is 12. The van der Waals surface area contributed by atoms with E-state index in [4.69, 9.17) is 0 Å². The number of hydrogen-bond donors (Lipinski definition) is 16. The number of aryl methyl sites for hydroxylation is 2. The summed E-state index contributed by atoms with van der Waals surface area (Å²) in [4.78, 5) is 0. The Balaban J connectivity index is 0.000000232. The maximum atomic E-state index is 13.2. The first-order valence-corrected chi connectivity index (χ1v) is 32.5. The third kappa shape index (κ3) is 28.8. The van der Waals surface area contributed by atoms with Gasteiger partial charge < -0.3 is 71.9 Å². The Labute approximate surface area is 550 Å². The zero-order chi connectivity index (χ0) is 70.6. The molecule has 0 radical (unpaired) electrons. The standard InChI is InChI=1S/C18H20F3NO3.C18H18F3NO3.C16H19NO5S.C16H17NO5S/c2*19-18(20,21)17(8-4-13-3-7-15(24)16(25)11-13)22-10-9-12-1-5-14(23)6-2-12;2*18-14-4-1-12(2-5-14)7-9-17-23(21,22)10-8-13-3-6-15(19)16(20)11-13/h1-3,5-7,11,17,22-25H,4,8-10H2;1-8,11,17,22-25H,9-10H2;1-6,11,17-20H,7-10H2;1-6,8,10-11,17-20H,7,9H2/b;8-4+;;10-8+. The van der Waals surface area contributed by atoms with Crippen molar-refractivity contribution in [3.63, 3.8) is 0 Å².